The van der Waals surface area contributed by atoms with E-state index in [0.717, 1.165) is 88.8 Å². The Morgan fingerprint density at radius 1 is 0.491 bits per heavy atom. The zero-order valence-electron chi connectivity index (χ0n) is 33.1. The molecule has 6 aromatic rings. The quantitative estimate of drug-likeness (QED) is 0.141. The van der Waals surface area contributed by atoms with E-state index in [9.17, 15) is 24.9 Å². The maximum atomic E-state index is 12.4. The number of nitrogens with zero attached hydrogens (tertiary/aromatic N) is 6. The summed E-state index contributed by atoms with van der Waals surface area (Å²) in [7, 11) is 0. The van der Waals surface area contributed by atoms with Gasteiger partial charge in [0.25, 0.3) is 0 Å². The average molecular weight is 775 g/mol. The minimum atomic E-state index is 0. The molecule has 0 amide bonds. The summed E-state index contributed by atoms with van der Waals surface area (Å²) in [6, 6.07) is 16.6. The van der Waals surface area contributed by atoms with Gasteiger partial charge in [0.15, 0.2) is 0 Å². The van der Waals surface area contributed by atoms with Crippen LogP contribution in [0.4, 0.5) is 0 Å². The Balaban J connectivity index is 0.000000129. The van der Waals surface area contributed by atoms with Crippen LogP contribution in [0.5, 0.6) is 17.2 Å². The fourth-order valence-corrected chi connectivity index (χ4v) is 6.75. The third-order valence-electron chi connectivity index (χ3n) is 10.0. The van der Waals surface area contributed by atoms with Crippen molar-refractivity contribution in [1.29, 1.82) is 0 Å². The van der Waals surface area contributed by atoms with Gasteiger partial charge in [0.1, 0.15) is 11.4 Å². The molecule has 3 aromatic heterocycles. The van der Waals surface area contributed by atoms with Gasteiger partial charge < -0.3 is 30.0 Å². The zero-order valence-corrected chi connectivity index (χ0v) is 34.2. The van der Waals surface area contributed by atoms with Crippen LogP contribution in [0.2, 0.25) is 0 Å². The smallest absolute Gasteiger partial charge is 0.871 e. The average Bonchev–Trinajstić information content (AvgIpc) is 3.98. The first-order chi connectivity index (χ1) is 26.8. The molecular weight excluding hydrogens is 732 g/mol. The summed E-state index contributed by atoms with van der Waals surface area (Å²) >= 11 is 0. The van der Waals surface area contributed by atoms with Crippen molar-refractivity contribution in [1.82, 2.24) is 29.7 Å². The first-order valence-corrected chi connectivity index (χ1v) is 18.7. The summed E-state index contributed by atoms with van der Waals surface area (Å²) in [6.07, 6.45) is 6.55. The summed E-state index contributed by atoms with van der Waals surface area (Å²) in [4.78, 5) is 42.7. The van der Waals surface area contributed by atoms with Gasteiger partial charge in [-0.2, -0.15) is 0 Å². The predicted molar refractivity (Wildman–Crippen MR) is 218 cm³/mol. The molecule has 3 fully saturated rings. The number of Topliss-reactive ketones (excluding diaryl/α,β-unsaturated/α-hetero) is 1. The molecule has 3 aromatic carbocycles. The third kappa shape index (κ3) is 9.04. The number of benzene rings is 3. The largest absolute Gasteiger partial charge is 3.00 e. The third-order valence-corrected chi connectivity index (χ3v) is 10.0. The predicted octanol–water partition coefficient (Wildman–Crippen LogP) is 4.58. The molecule has 0 spiro atoms. The minimum absolute atomic E-state index is 0. The molecule has 6 heterocycles. The molecule has 0 saturated carbocycles. The van der Waals surface area contributed by atoms with E-state index < -0.39 is 0 Å². The molecule has 57 heavy (non-hydrogen) atoms. The second kappa shape index (κ2) is 16.6. The van der Waals surface area contributed by atoms with Crippen molar-refractivity contribution in [3.8, 4) is 17.2 Å². The van der Waals surface area contributed by atoms with E-state index in [1.54, 1.807) is 36.8 Å². The molecule has 11 nitrogen and oxygen atoms in total. The number of ketones is 2. The van der Waals surface area contributed by atoms with Gasteiger partial charge in [-0.3, -0.25) is 24.5 Å². The van der Waals surface area contributed by atoms with Crippen LogP contribution in [-0.4, -0.2) is 97.8 Å². The number of carbonyl (C=O) groups excluding carboxylic acids is 2. The van der Waals surface area contributed by atoms with Crippen molar-refractivity contribution in [2.45, 2.75) is 41.5 Å². The normalized spacial score (nSPS) is 15.2. The first kappa shape index (κ1) is 40.7. The van der Waals surface area contributed by atoms with Gasteiger partial charge >= 0.3 is 17.4 Å². The van der Waals surface area contributed by atoms with E-state index in [-0.39, 0.29) is 46.2 Å². The van der Waals surface area contributed by atoms with Crippen LogP contribution in [0.15, 0.2) is 96.4 Å². The molecule has 0 bridgehead atoms. The fraction of sp³-hybridized carbons (Fsp3) is 0.267. The van der Waals surface area contributed by atoms with E-state index in [1.165, 1.54) is 6.08 Å². The molecule has 0 N–H and O–H groups in total. The molecule has 0 radical (unpaired) electrons. The summed E-state index contributed by atoms with van der Waals surface area (Å²) in [5, 5.41) is 37.4. The monoisotopic (exact) mass is 774 g/mol. The van der Waals surface area contributed by atoms with Crippen molar-refractivity contribution in [3.63, 3.8) is 0 Å². The topological polar surface area (TPSA) is 151 Å². The Bertz CT molecular complexity index is 2400. The summed E-state index contributed by atoms with van der Waals surface area (Å²) in [6.45, 7) is 17.1. The van der Waals surface area contributed by atoms with Gasteiger partial charge in [0, 0.05) is 80.1 Å². The second-order valence-corrected chi connectivity index (χ2v) is 14.7. The number of hydrogen-bond donors (Lipinski definition) is 0. The van der Waals surface area contributed by atoms with Gasteiger partial charge in [-0.1, -0.05) is 52.1 Å². The Kier molecular flexibility index (Phi) is 11.9. The number of hydrogen-bond acceptors (Lipinski definition) is 11. The SMILES string of the molecule is Cc1cc([O-])c2nccc(C)c2c1.Cc1cc([O-])c2nccc(C)c2c1.Cc1cc([O-])c2nccc(C)c2c1.O=C1C=C(N2CC2)C(=O)C(N2CC2)=C1N1CC1.[Al+3]. The molecule has 12 heteroatoms. The van der Waals surface area contributed by atoms with Crippen LogP contribution in [0, 0.1) is 41.5 Å². The number of rotatable bonds is 3. The minimum Gasteiger partial charge on any atom is -0.871 e. The maximum absolute atomic E-state index is 12.4. The molecule has 0 atom stereocenters. The second-order valence-electron chi connectivity index (χ2n) is 14.7. The summed E-state index contributed by atoms with van der Waals surface area (Å²) in [5.41, 5.74) is 9.90. The van der Waals surface area contributed by atoms with E-state index in [4.69, 9.17) is 0 Å². The number of fused-ring (bicyclic) bond motifs is 3. The molecule has 1 aliphatic carbocycles. The molecular formula is C45H43AlN6O5. The molecule has 0 unspecified atom stereocenters. The summed E-state index contributed by atoms with van der Waals surface area (Å²) < 4.78 is 0. The Morgan fingerprint density at radius 3 is 1.16 bits per heavy atom. The van der Waals surface area contributed by atoms with Gasteiger partial charge in [-0.15, -0.1) is 0 Å². The van der Waals surface area contributed by atoms with Crippen LogP contribution in [0.25, 0.3) is 32.7 Å². The van der Waals surface area contributed by atoms with E-state index in [2.05, 4.69) is 15.0 Å². The van der Waals surface area contributed by atoms with Crippen molar-refractivity contribution in [2.75, 3.05) is 39.3 Å². The standard InChI is InChI=1S/C12H13N3O2.3C11H11NO.Al/c16-9-7-8(13-1-2-13)12(17)11(15-5-6-15)10(9)14-3-4-14;3*1-7-5-9-8(2)3-4-12-11(9)10(13)6-7;/h7H,1-6H2;3*3-6,13H,1-2H3;/q;;;;+3/p-3. The van der Waals surface area contributed by atoms with Gasteiger partial charge in [0.2, 0.25) is 11.6 Å². The first-order valence-electron chi connectivity index (χ1n) is 18.7. The van der Waals surface area contributed by atoms with Crippen molar-refractivity contribution in [3.05, 3.63) is 130 Å². The molecule has 286 valence electrons. The van der Waals surface area contributed by atoms with Crippen molar-refractivity contribution in [2.24, 2.45) is 0 Å². The van der Waals surface area contributed by atoms with Crippen LogP contribution in [0.1, 0.15) is 33.4 Å². The van der Waals surface area contributed by atoms with Gasteiger partial charge in [-0.05, 0) is 94.6 Å². The van der Waals surface area contributed by atoms with E-state index in [1.807, 2.05) is 92.6 Å². The van der Waals surface area contributed by atoms with Gasteiger partial charge in [-0.25, -0.2) is 0 Å². The number of carbonyl (C=O) groups is 2. The van der Waals surface area contributed by atoms with Gasteiger partial charge in [0.05, 0.1) is 22.2 Å². The van der Waals surface area contributed by atoms with E-state index in [0.29, 0.717) is 33.6 Å². The molecule has 3 saturated heterocycles. The Morgan fingerprint density at radius 2 is 0.825 bits per heavy atom. The fourth-order valence-electron chi connectivity index (χ4n) is 6.75. The maximum Gasteiger partial charge on any atom is 3.00 e. The molecule has 10 rings (SSSR count). The number of pyridine rings is 3. The number of aryl methyl sites for hydroxylation is 6. The van der Waals surface area contributed by atoms with Crippen molar-refractivity contribution >= 4 is 61.6 Å². The zero-order chi connectivity index (χ0) is 39.8. The van der Waals surface area contributed by atoms with Crippen LogP contribution in [0.3, 0.4) is 0 Å². The van der Waals surface area contributed by atoms with Crippen molar-refractivity contribution < 1.29 is 24.9 Å². The number of allylic oxidation sites excluding steroid dienone is 1. The molecule has 3 aliphatic heterocycles. The van der Waals surface area contributed by atoms with Crippen LogP contribution < -0.4 is 15.3 Å². The Labute approximate surface area is 342 Å². The van der Waals surface area contributed by atoms with E-state index >= 15 is 0 Å². The number of aromatic nitrogens is 3. The van der Waals surface area contributed by atoms with Crippen LogP contribution in [-0.2, 0) is 9.59 Å². The molecule has 4 aliphatic rings. The van der Waals surface area contributed by atoms with Crippen LogP contribution >= 0.6 is 0 Å². The summed E-state index contributed by atoms with van der Waals surface area (Å²) in [5.74, 6) is 0.0866. The Hall–Kier alpha value is -5.96.